The fourth-order valence-electron chi connectivity index (χ4n) is 2.18. The number of ether oxygens (including phenoxy) is 3. The minimum absolute atomic E-state index is 0.0999. The fraction of sp³-hybridized carbons (Fsp3) is 0.278. The van der Waals surface area contributed by atoms with E-state index in [2.05, 4.69) is 21.2 Å². The Bertz CT molecular complexity index is 852. The first-order valence-corrected chi connectivity index (χ1v) is 13.4. The van der Waals surface area contributed by atoms with E-state index in [1.165, 1.54) is 30.3 Å². The van der Waals surface area contributed by atoms with Crippen LogP contribution in [0.3, 0.4) is 0 Å². The summed E-state index contributed by atoms with van der Waals surface area (Å²) in [5.74, 6) is 1.36. The highest BCUT2D eigenvalue weighted by Gasteiger charge is 2.17. The molecule has 0 amide bonds. The zero-order valence-corrected chi connectivity index (χ0v) is 19.1. The van der Waals surface area contributed by atoms with Crippen LogP contribution in [0.4, 0.5) is 0 Å². The van der Waals surface area contributed by atoms with E-state index in [9.17, 15) is 19.1 Å². The van der Waals surface area contributed by atoms with Gasteiger partial charge in [0.05, 0.1) is 17.0 Å². The Morgan fingerprint density at radius 1 is 1.11 bits per heavy atom. The fourth-order valence-corrected chi connectivity index (χ4v) is 3.41. The van der Waals surface area contributed by atoms with Gasteiger partial charge in [-0.1, -0.05) is 8.93 Å². The van der Waals surface area contributed by atoms with Crippen molar-refractivity contribution in [3.63, 3.8) is 0 Å². The molecule has 28 heavy (non-hydrogen) atoms. The van der Waals surface area contributed by atoms with Gasteiger partial charge in [-0.05, 0) is 71.5 Å². The van der Waals surface area contributed by atoms with Crippen molar-refractivity contribution in [2.75, 3.05) is 12.4 Å². The van der Waals surface area contributed by atoms with E-state index in [1.807, 2.05) is 13.8 Å². The summed E-state index contributed by atoms with van der Waals surface area (Å²) in [4.78, 5) is 30.6. The van der Waals surface area contributed by atoms with Crippen molar-refractivity contribution in [1.82, 2.24) is 0 Å². The molecule has 0 radical (unpaired) electrons. The van der Waals surface area contributed by atoms with Crippen LogP contribution < -0.4 is 14.8 Å². The lowest BCUT2D eigenvalue weighted by atomic mass is 10.2. The number of esters is 1. The summed E-state index contributed by atoms with van der Waals surface area (Å²) in [6, 6.07) is 10.2. The van der Waals surface area contributed by atoms with E-state index in [4.69, 9.17) is 14.2 Å². The van der Waals surface area contributed by atoms with E-state index >= 15 is 0 Å². The zero-order valence-electron chi connectivity index (χ0n) is 15.2. The Hall–Kier alpha value is -1.26. The molecule has 0 aromatic heterocycles. The first kappa shape index (κ1) is 23.0. The monoisotopic (exact) mass is 538 g/mol. The Labute approximate surface area is 179 Å². The molecule has 0 saturated carbocycles. The summed E-state index contributed by atoms with van der Waals surface area (Å²) in [5, 5.41) is -0.103. The predicted octanol–water partition coefficient (Wildman–Crippen LogP) is 4.31. The molecule has 0 heterocycles. The minimum atomic E-state index is -4.32. The average molecular weight is 538 g/mol. The van der Waals surface area contributed by atoms with Gasteiger partial charge >= 0.3 is 13.6 Å². The lowest BCUT2D eigenvalue weighted by molar-refractivity contribution is 0.0529. The van der Waals surface area contributed by atoms with E-state index in [0.717, 1.165) is 0 Å². The quantitative estimate of drug-likeness (QED) is 0.211. The number of halogens is 1. The summed E-state index contributed by atoms with van der Waals surface area (Å²) >= 11 is 2.13. The minimum Gasteiger partial charge on any atom is -0.491 e. The Morgan fingerprint density at radius 2 is 1.75 bits per heavy atom. The van der Waals surface area contributed by atoms with Crippen LogP contribution >= 0.6 is 37.7 Å². The molecule has 0 saturated heterocycles. The third kappa shape index (κ3) is 7.29. The largest absolute Gasteiger partial charge is 0.491 e. The van der Waals surface area contributed by atoms with Crippen LogP contribution in [0.2, 0.25) is 0 Å². The first-order valence-electron chi connectivity index (χ1n) is 8.25. The van der Waals surface area contributed by atoms with Crippen molar-refractivity contribution in [2.24, 2.45) is 0 Å². The number of benzene rings is 2. The van der Waals surface area contributed by atoms with Crippen molar-refractivity contribution in [3.05, 3.63) is 48.0 Å². The van der Waals surface area contributed by atoms with Gasteiger partial charge in [0.2, 0.25) is 0 Å². The van der Waals surface area contributed by atoms with Crippen LogP contribution in [0.15, 0.2) is 42.5 Å². The molecule has 7 nitrogen and oxygen atoms in total. The summed E-state index contributed by atoms with van der Waals surface area (Å²) in [6.45, 7) is 4.02. The second-order valence-corrected chi connectivity index (χ2v) is 10.0. The number of rotatable bonds is 9. The highest BCUT2D eigenvalue weighted by Crippen LogP contribution is 2.34. The van der Waals surface area contributed by atoms with E-state index < -0.39 is 13.6 Å². The molecule has 0 atom stereocenters. The Balaban J connectivity index is 2.25. The highest BCUT2D eigenvalue weighted by atomic mass is 127. The van der Waals surface area contributed by atoms with Crippen LogP contribution in [-0.4, -0.2) is 34.2 Å². The zero-order chi connectivity index (χ0) is 20.7. The van der Waals surface area contributed by atoms with Gasteiger partial charge in [-0.2, -0.15) is 0 Å². The van der Waals surface area contributed by atoms with Crippen LogP contribution in [-0.2, 0) is 9.30 Å². The molecule has 152 valence electrons. The molecule has 2 aromatic carbocycles. The van der Waals surface area contributed by atoms with Crippen molar-refractivity contribution in [3.8, 4) is 17.2 Å². The van der Waals surface area contributed by atoms with Gasteiger partial charge in [0.1, 0.15) is 23.9 Å². The molecule has 2 rings (SSSR count). The normalized spacial score (nSPS) is 11.4. The molecule has 2 N–H and O–H groups in total. The topological polar surface area (TPSA) is 102 Å². The molecule has 0 bridgehead atoms. The van der Waals surface area contributed by atoms with Crippen molar-refractivity contribution in [2.45, 2.75) is 20.0 Å². The standard InChI is InChI=1S/C18H20IO7PS/c1-12(2)25-15-9-13(18(20)24-7-8-28-19)10-16(11-15)26-14-3-5-17(6-4-14)27(21,22)23/h3-6,9-12H,7-8H2,1-2H3,(H2,21,22,23). The molecule has 0 aliphatic rings. The lowest BCUT2D eigenvalue weighted by Crippen LogP contribution is -2.10. The third-order valence-corrected chi connectivity index (χ3v) is 5.90. The van der Waals surface area contributed by atoms with Crippen molar-refractivity contribution < 1.29 is 33.4 Å². The smallest absolute Gasteiger partial charge is 0.356 e. The van der Waals surface area contributed by atoms with E-state index in [1.54, 1.807) is 21.1 Å². The van der Waals surface area contributed by atoms with Crippen LogP contribution in [0, 0.1) is 0 Å². The summed E-state index contributed by atoms with van der Waals surface area (Å²) in [6.07, 6.45) is -0.0999. The van der Waals surface area contributed by atoms with Crippen LogP contribution in [0.5, 0.6) is 17.2 Å². The summed E-state index contributed by atoms with van der Waals surface area (Å²) < 4.78 is 27.9. The van der Waals surface area contributed by atoms with Crippen LogP contribution in [0.25, 0.3) is 0 Å². The SMILES string of the molecule is CC(C)Oc1cc(Oc2ccc(P(=O)(O)O)cc2)cc(C(=O)OCCSI)c1. The number of hydrogen-bond donors (Lipinski definition) is 2. The number of hydrogen-bond acceptors (Lipinski definition) is 6. The van der Waals surface area contributed by atoms with Gasteiger partial charge in [0, 0.05) is 11.8 Å². The van der Waals surface area contributed by atoms with E-state index in [-0.39, 0.29) is 11.4 Å². The molecular weight excluding hydrogens is 518 g/mol. The maximum Gasteiger partial charge on any atom is 0.356 e. The molecule has 10 heteroatoms. The molecule has 0 fully saturated rings. The first-order chi connectivity index (χ1) is 13.2. The second-order valence-electron chi connectivity index (χ2n) is 5.95. The third-order valence-electron chi connectivity index (χ3n) is 3.29. The van der Waals surface area contributed by atoms with Crippen molar-refractivity contribution >= 4 is 49.0 Å². The molecule has 0 unspecified atom stereocenters. The molecule has 0 aliphatic carbocycles. The molecule has 0 spiro atoms. The van der Waals surface area contributed by atoms with Gasteiger partial charge in [0.25, 0.3) is 0 Å². The average Bonchev–Trinajstić information content (AvgIpc) is 2.60. The van der Waals surface area contributed by atoms with Gasteiger partial charge < -0.3 is 24.0 Å². The highest BCUT2D eigenvalue weighted by molar-refractivity contribution is 14.2. The van der Waals surface area contributed by atoms with Crippen molar-refractivity contribution in [1.29, 1.82) is 0 Å². The molecular formula is C18H20IO7PS. The molecule has 2 aromatic rings. The second kappa shape index (κ2) is 10.5. The number of carbonyl (C=O) groups is 1. The molecule has 0 aliphatic heterocycles. The van der Waals surface area contributed by atoms with Gasteiger partial charge in [-0.3, -0.25) is 4.57 Å². The number of carbonyl (C=O) groups excluding carboxylic acids is 1. The predicted molar refractivity (Wildman–Crippen MR) is 117 cm³/mol. The summed E-state index contributed by atoms with van der Waals surface area (Å²) in [7, 11) is -2.77. The Kier molecular flexibility index (Phi) is 8.63. The van der Waals surface area contributed by atoms with E-state index in [0.29, 0.717) is 35.2 Å². The van der Waals surface area contributed by atoms with Gasteiger partial charge in [-0.15, -0.1) is 0 Å². The van der Waals surface area contributed by atoms with Gasteiger partial charge in [-0.25, -0.2) is 4.79 Å². The van der Waals surface area contributed by atoms with Crippen LogP contribution in [0.1, 0.15) is 24.2 Å². The summed E-state index contributed by atoms with van der Waals surface area (Å²) in [5.41, 5.74) is 0.290. The lowest BCUT2D eigenvalue weighted by Gasteiger charge is -2.14. The Morgan fingerprint density at radius 3 is 2.32 bits per heavy atom. The maximum atomic E-state index is 12.3. The van der Waals surface area contributed by atoms with Gasteiger partial charge in [0.15, 0.2) is 0 Å². The maximum absolute atomic E-state index is 12.3.